The highest BCUT2D eigenvalue weighted by Crippen LogP contribution is 2.23. The van der Waals surface area contributed by atoms with E-state index in [4.69, 9.17) is 11.6 Å². The average Bonchev–Trinajstić information content (AvgIpc) is 2.91. The van der Waals surface area contributed by atoms with Crippen LogP contribution in [0.3, 0.4) is 0 Å². The van der Waals surface area contributed by atoms with E-state index in [-0.39, 0.29) is 34.8 Å². The van der Waals surface area contributed by atoms with Gasteiger partial charge >= 0.3 is 0 Å². The maximum Gasteiger partial charge on any atom is 0.258 e. The van der Waals surface area contributed by atoms with Crippen LogP contribution in [0.1, 0.15) is 27.2 Å². The lowest BCUT2D eigenvalue weighted by atomic mass is 10.1. The zero-order chi connectivity index (χ0) is 19.6. The third-order valence-electron chi connectivity index (χ3n) is 4.24. The van der Waals surface area contributed by atoms with Crippen LogP contribution in [0.25, 0.3) is 0 Å². The zero-order valence-corrected chi connectivity index (χ0v) is 15.7. The second kappa shape index (κ2) is 7.88. The molecule has 3 aromatic rings. The topological polar surface area (TPSA) is 38.1 Å². The molecule has 0 aliphatic carbocycles. The van der Waals surface area contributed by atoms with Gasteiger partial charge in [0, 0.05) is 19.2 Å². The van der Waals surface area contributed by atoms with Crippen molar-refractivity contribution in [2.75, 3.05) is 7.05 Å². The first-order valence-electron chi connectivity index (χ1n) is 8.33. The second-order valence-corrected chi connectivity index (χ2v) is 6.65. The van der Waals surface area contributed by atoms with Gasteiger partial charge in [-0.1, -0.05) is 41.9 Å². The number of carbonyl (C=O) groups excluding carboxylic acids is 1. The first kappa shape index (κ1) is 19.0. The van der Waals surface area contributed by atoms with Gasteiger partial charge in [0.1, 0.15) is 16.8 Å². The van der Waals surface area contributed by atoms with Gasteiger partial charge in [-0.15, -0.1) is 0 Å². The number of aryl methyl sites for hydroxylation is 1. The molecule has 27 heavy (non-hydrogen) atoms. The fourth-order valence-electron chi connectivity index (χ4n) is 2.81. The Bertz CT molecular complexity index is 970. The van der Waals surface area contributed by atoms with Gasteiger partial charge in [-0.3, -0.25) is 4.79 Å². The van der Waals surface area contributed by atoms with Crippen LogP contribution in [0.2, 0.25) is 5.15 Å². The van der Waals surface area contributed by atoms with E-state index in [1.807, 2.05) is 0 Å². The summed E-state index contributed by atoms with van der Waals surface area (Å²) in [5.74, 6) is -1.04. The number of nitrogens with zero attached hydrogens (tertiary/aromatic N) is 3. The molecule has 0 unspecified atom stereocenters. The molecule has 2 aromatic carbocycles. The molecule has 1 amide bonds. The molecule has 0 saturated heterocycles. The monoisotopic (exact) mass is 389 g/mol. The Morgan fingerprint density at radius 1 is 1.15 bits per heavy atom. The quantitative estimate of drug-likeness (QED) is 0.647. The molecule has 0 N–H and O–H groups in total. The van der Waals surface area contributed by atoms with Gasteiger partial charge in [0.05, 0.1) is 17.8 Å². The number of amides is 1. The summed E-state index contributed by atoms with van der Waals surface area (Å²) in [4.78, 5) is 14.2. The van der Waals surface area contributed by atoms with Gasteiger partial charge in [-0.2, -0.15) is 5.10 Å². The number of benzene rings is 2. The van der Waals surface area contributed by atoms with Gasteiger partial charge in [0.2, 0.25) is 0 Å². The molecule has 3 rings (SSSR count). The molecule has 0 fully saturated rings. The number of aromatic nitrogens is 2. The molecule has 0 aliphatic heterocycles. The van der Waals surface area contributed by atoms with Crippen LogP contribution < -0.4 is 0 Å². The molecule has 140 valence electrons. The highest BCUT2D eigenvalue weighted by atomic mass is 35.5. The van der Waals surface area contributed by atoms with E-state index < -0.39 is 0 Å². The minimum absolute atomic E-state index is 0.115. The maximum absolute atomic E-state index is 13.8. The van der Waals surface area contributed by atoms with Crippen molar-refractivity contribution < 1.29 is 13.6 Å². The summed E-state index contributed by atoms with van der Waals surface area (Å²) in [5.41, 5.74) is 1.98. The van der Waals surface area contributed by atoms with Crippen molar-refractivity contribution >= 4 is 17.5 Å². The maximum atomic E-state index is 13.8. The predicted octanol–water partition coefficient (Wildman–Crippen LogP) is 4.44. The Hall–Kier alpha value is -2.73. The van der Waals surface area contributed by atoms with Crippen LogP contribution >= 0.6 is 11.6 Å². The summed E-state index contributed by atoms with van der Waals surface area (Å²) in [7, 11) is 1.59. The third kappa shape index (κ3) is 4.17. The van der Waals surface area contributed by atoms with E-state index in [0.29, 0.717) is 17.8 Å². The van der Waals surface area contributed by atoms with Crippen molar-refractivity contribution in [1.82, 2.24) is 14.7 Å². The van der Waals surface area contributed by atoms with Crippen molar-refractivity contribution in [1.29, 1.82) is 0 Å². The highest BCUT2D eigenvalue weighted by molar-refractivity contribution is 6.33. The van der Waals surface area contributed by atoms with Crippen molar-refractivity contribution in [3.8, 4) is 0 Å². The first-order valence-corrected chi connectivity index (χ1v) is 8.71. The van der Waals surface area contributed by atoms with Crippen molar-refractivity contribution in [2.45, 2.75) is 20.0 Å². The zero-order valence-electron chi connectivity index (χ0n) is 14.9. The number of halogens is 3. The lowest BCUT2D eigenvalue weighted by Gasteiger charge is -2.17. The van der Waals surface area contributed by atoms with Gasteiger partial charge in [-0.25, -0.2) is 13.5 Å². The van der Waals surface area contributed by atoms with Gasteiger partial charge in [0.15, 0.2) is 0 Å². The Balaban J connectivity index is 1.81. The van der Waals surface area contributed by atoms with E-state index >= 15 is 0 Å². The summed E-state index contributed by atoms with van der Waals surface area (Å²) in [6.07, 6.45) is 0. The molecule has 1 aromatic heterocycles. The van der Waals surface area contributed by atoms with E-state index in [9.17, 15) is 13.6 Å². The lowest BCUT2D eigenvalue weighted by molar-refractivity contribution is 0.0783. The number of hydrogen-bond donors (Lipinski definition) is 0. The van der Waals surface area contributed by atoms with E-state index in [1.54, 1.807) is 44.3 Å². The molecule has 4 nitrogen and oxygen atoms in total. The van der Waals surface area contributed by atoms with E-state index in [0.717, 1.165) is 5.56 Å². The SMILES string of the molecule is Cc1nn(Cc2ccc(F)cc2)c(Cl)c1C(=O)N(C)Cc1ccccc1F. The summed E-state index contributed by atoms with van der Waals surface area (Å²) < 4.78 is 28.4. The molecular weight excluding hydrogens is 372 g/mol. The first-order chi connectivity index (χ1) is 12.9. The molecule has 0 radical (unpaired) electrons. The normalized spacial score (nSPS) is 10.9. The fraction of sp³-hybridized carbons (Fsp3) is 0.200. The molecule has 0 saturated carbocycles. The molecule has 1 heterocycles. The van der Waals surface area contributed by atoms with Gasteiger partial charge < -0.3 is 4.90 Å². The Morgan fingerprint density at radius 3 is 2.48 bits per heavy atom. The van der Waals surface area contributed by atoms with Gasteiger partial charge in [-0.05, 0) is 30.7 Å². The van der Waals surface area contributed by atoms with Crippen LogP contribution in [0.5, 0.6) is 0 Å². The fourth-order valence-corrected chi connectivity index (χ4v) is 3.12. The van der Waals surface area contributed by atoms with Crippen LogP contribution in [-0.2, 0) is 13.1 Å². The Morgan fingerprint density at radius 2 is 1.81 bits per heavy atom. The average molecular weight is 390 g/mol. The Labute approximate surface area is 161 Å². The van der Waals surface area contributed by atoms with Gasteiger partial charge in [0.25, 0.3) is 5.91 Å². The number of rotatable bonds is 5. The van der Waals surface area contributed by atoms with Crippen LogP contribution in [0, 0.1) is 18.6 Å². The standard InChI is InChI=1S/C20H18ClF2N3O/c1-13-18(20(27)25(2)12-15-5-3-4-6-17(15)23)19(21)26(24-13)11-14-7-9-16(22)10-8-14/h3-10H,11-12H2,1-2H3. The summed E-state index contributed by atoms with van der Waals surface area (Å²) in [6.45, 7) is 2.12. The number of carbonyl (C=O) groups is 1. The smallest absolute Gasteiger partial charge is 0.258 e. The minimum Gasteiger partial charge on any atom is -0.337 e. The van der Waals surface area contributed by atoms with Crippen molar-refractivity contribution in [3.63, 3.8) is 0 Å². The molecule has 0 bridgehead atoms. The van der Waals surface area contributed by atoms with Crippen molar-refractivity contribution in [3.05, 3.63) is 87.7 Å². The van der Waals surface area contributed by atoms with E-state index in [2.05, 4.69) is 5.10 Å². The van der Waals surface area contributed by atoms with Crippen LogP contribution in [-0.4, -0.2) is 27.6 Å². The molecular formula is C20H18ClF2N3O. The molecule has 0 aliphatic rings. The highest BCUT2D eigenvalue weighted by Gasteiger charge is 2.23. The lowest BCUT2D eigenvalue weighted by Crippen LogP contribution is -2.27. The van der Waals surface area contributed by atoms with Crippen LogP contribution in [0.4, 0.5) is 8.78 Å². The largest absolute Gasteiger partial charge is 0.337 e. The van der Waals surface area contributed by atoms with E-state index in [1.165, 1.54) is 27.8 Å². The Kier molecular flexibility index (Phi) is 5.56. The third-order valence-corrected chi connectivity index (χ3v) is 4.62. The van der Waals surface area contributed by atoms with Crippen molar-refractivity contribution in [2.24, 2.45) is 0 Å². The second-order valence-electron chi connectivity index (χ2n) is 6.29. The van der Waals surface area contributed by atoms with Crippen LogP contribution in [0.15, 0.2) is 48.5 Å². The predicted molar refractivity (Wildman–Crippen MR) is 99.7 cm³/mol. The minimum atomic E-state index is -0.369. The summed E-state index contributed by atoms with van der Waals surface area (Å²) >= 11 is 6.39. The number of hydrogen-bond acceptors (Lipinski definition) is 2. The molecule has 7 heteroatoms. The summed E-state index contributed by atoms with van der Waals surface area (Å²) in [6, 6.07) is 12.3. The molecule has 0 atom stereocenters. The molecule has 0 spiro atoms. The summed E-state index contributed by atoms with van der Waals surface area (Å²) in [5, 5.41) is 4.52.